The lowest BCUT2D eigenvalue weighted by Crippen LogP contribution is -2.50. The average molecular weight is 424 g/mol. The van der Waals surface area contributed by atoms with Crippen LogP contribution in [-0.2, 0) is 20.8 Å². The minimum Gasteiger partial charge on any atom is -0.480 e. The molecule has 3 rings (SSSR count). The second kappa shape index (κ2) is 9.08. The zero-order chi connectivity index (χ0) is 22.5. The average Bonchev–Trinajstić information content (AvgIpc) is 2.72. The van der Waals surface area contributed by atoms with E-state index >= 15 is 0 Å². The minimum atomic E-state index is -1.60. The molecular formula is C21H20N4O6. The highest BCUT2D eigenvalue weighted by Gasteiger charge is 2.30. The molecule has 0 spiro atoms. The zero-order valence-electron chi connectivity index (χ0n) is 16.3. The van der Waals surface area contributed by atoms with Gasteiger partial charge in [0, 0.05) is 6.42 Å². The molecule has 0 radical (unpaired) electrons. The third-order valence-corrected chi connectivity index (χ3v) is 4.74. The first kappa shape index (κ1) is 21.5. The largest absolute Gasteiger partial charge is 0.480 e. The topological polar surface area (TPSA) is 164 Å². The second-order valence-corrected chi connectivity index (χ2v) is 6.93. The molecule has 5 N–H and O–H groups in total. The van der Waals surface area contributed by atoms with Crippen LogP contribution in [0.4, 0.5) is 0 Å². The molecule has 0 aliphatic rings. The number of hydrogen-bond donors (Lipinski definition) is 4. The summed E-state index contributed by atoms with van der Waals surface area (Å²) in [6.45, 7) is 0. The summed E-state index contributed by atoms with van der Waals surface area (Å²) in [5.74, 6) is -3.29. The van der Waals surface area contributed by atoms with Crippen molar-refractivity contribution < 1.29 is 19.5 Å². The normalized spacial score (nSPS) is 12.8. The highest BCUT2D eigenvalue weighted by atomic mass is 16.4. The lowest BCUT2D eigenvalue weighted by atomic mass is 10.0. The molecule has 0 saturated carbocycles. The van der Waals surface area contributed by atoms with E-state index < -0.39 is 47.5 Å². The summed E-state index contributed by atoms with van der Waals surface area (Å²) in [7, 11) is 0. The number of nitrogens with one attached hydrogen (secondary N) is 2. The Morgan fingerprint density at radius 2 is 1.68 bits per heavy atom. The number of benzene rings is 2. The lowest BCUT2D eigenvalue weighted by molar-refractivity contribution is -0.143. The van der Waals surface area contributed by atoms with Crippen molar-refractivity contribution in [2.24, 2.45) is 5.73 Å². The summed E-state index contributed by atoms with van der Waals surface area (Å²) >= 11 is 0. The van der Waals surface area contributed by atoms with E-state index in [1.54, 1.807) is 48.5 Å². The van der Waals surface area contributed by atoms with E-state index in [9.17, 15) is 29.1 Å². The Morgan fingerprint density at radius 3 is 2.32 bits per heavy atom. The number of aromatic amines is 1. The zero-order valence-corrected chi connectivity index (χ0v) is 16.3. The van der Waals surface area contributed by atoms with E-state index in [-0.39, 0.29) is 11.8 Å². The summed E-state index contributed by atoms with van der Waals surface area (Å²) < 4.78 is 0.758. The van der Waals surface area contributed by atoms with E-state index in [2.05, 4.69) is 10.3 Å². The summed E-state index contributed by atoms with van der Waals surface area (Å²) in [6, 6.07) is 12.0. The van der Waals surface area contributed by atoms with Gasteiger partial charge in [-0.15, -0.1) is 0 Å². The fourth-order valence-corrected chi connectivity index (χ4v) is 3.27. The van der Waals surface area contributed by atoms with Gasteiger partial charge >= 0.3 is 11.7 Å². The van der Waals surface area contributed by atoms with Crippen LogP contribution >= 0.6 is 0 Å². The third kappa shape index (κ3) is 4.86. The maximum absolute atomic E-state index is 13.1. The molecule has 160 valence electrons. The van der Waals surface area contributed by atoms with Crippen LogP contribution in [-0.4, -0.2) is 38.5 Å². The van der Waals surface area contributed by atoms with Crippen LogP contribution in [0.2, 0.25) is 0 Å². The summed E-state index contributed by atoms with van der Waals surface area (Å²) in [5.41, 5.74) is 4.50. The molecule has 3 aromatic rings. The number of primary amides is 1. The third-order valence-electron chi connectivity index (χ3n) is 4.74. The van der Waals surface area contributed by atoms with Crippen LogP contribution in [0.15, 0.2) is 64.2 Å². The Hall–Kier alpha value is -4.21. The number of H-pyrrole nitrogens is 1. The van der Waals surface area contributed by atoms with Gasteiger partial charge in [0.25, 0.3) is 5.56 Å². The van der Waals surface area contributed by atoms with Gasteiger partial charge in [0.05, 0.1) is 17.3 Å². The van der Waals surface area contributed by atoms with Crippen molar-refractivity contribution in [2.75, 3.05) is 0 Å². The highest BCUT2D eigenvalue weighted by molar-refractivity contribution is 5.89. The first-order valence-corrected chi connectivity index (χ1v) is 9.37. The number of nitrogens with two attached hydrogens (primary N) is 1. The number of carbonyl (C=O) groups is 3. The molecule has 2 amide bonds. The van der Waals surface area contributed by atoms with Gasteiger partial charge in [0.15, 0.2) is 0 Å². The van der Waals surface area contributed by atoms with Gasteiger partial charge in [-0.25, -0.2) is 14.2 Å². The molecule has 10 nitrogen and oxygen atoms in total. The fraction of sp³-hybridized carbons (Fsp3) is 0.190. The number of aliphatic carboxylic acids is 1. The number of nitrogens with zero attached hydrogens (tertiary/aromatic N) is 1. The van der Waals surface area contributed by atoms with Crippen LogP contribution in [0, 0.1) is 0 Å². The van der Waals surface area contributed by atoms with Crippen molar-refractivity contribution in [3.63, 3.8) is 0 Å². The molecule has 31 heavy (non-hydrogen) atoms. The molecule has 1 aromatic heterocycles. The van der Waals surface area contributed by atoms with Crippen LogP contribution in [0.1, 0.15) is 18.0 Å². The molecule has 0 bridgehead atoms. The molecule has 2 atom stereocenters. The van der Waals surface area contributed by atoms with Crippen molar-refractivity contribution in [1.82, 2.24) is 14.9 Å². The molecule has 0 aliphatic carbocycles. The number of fused-ring (bicyclic) bond motifs is 1. The number of amides is 2. The van der Waals surface area contributed by atoms with Crippen molar-refractivity contribution in [3.8, 4) is 0 Å². The first-order chi connectivity index (χ1) is 14.8. The van der Waals surface area contributed by atoms with Crippen LogP contribution in [0.5, 0.6) is 0 Å². The first-order valence-electron chi connectivity index (χ1n) is 9.37. The summed E-state index contributed by atoms with van der Waals surface area (Å²) in [5, 5.41) is 11.7. The van der Waals surface area contributed by atoms with Crippen LogP contribution in [0.3, 0.4) is 0 Å². The van der Waals surface area contributed by atoms with Gasteiger partial charge in [-0.2, -0.15) is 0 Å². The number of carboxylic acid groups (broad SMARTS) is 1. The standard InChI is InChI=1S/C21H20N4O6/c22-17(26)11-15(20(29)30)23-18(27)16(10-12-6-2-1-3-7-12)25-19(28)13-8-4-5-9-14(13)24-21(25)31/h1-9,15-16H,10-11H2,(H2,22,26)(H,23,27)(H,24,31)(H,29,30). The van der Waals surface area contributed by atoms with E-state index in [1.165, 1.54) is 6.07 Å². The Kier molecular flexibility index (Phi) is 6.29. The van der Waals surface area contributed by atoms with Gasteiger partial charge in [0.1, 0.15) is 12.1 Å². The smallest absolute Gasteiger partial charge is 0.329 e. The van der Waals surface area contributed by atoms with Gasteiger partial charge in [-0.05, 0) is 17.7 Å². The van der Waals surface area contributed by atoms with E-state index in [0.29, 0.717) is 11.1 Å². The summed E-state index contributed by atoms with van der Waals surface area (Å²) in [4.78, 5) is 64.0. The Morgan fingerprint density at radius 1 is 1.03 bits per heavy atom. The van der Waals surface area contributed by atoms with Gasteiger partial charge in [-0.1, -0.05) is 42.5 Å². The Labute approximate surface area is 175 Å². The molecule has 2 unspecified atom stereocenters. The predicted molar refractivity (Wildman–Crippen MR) is 111 cm³/mol. The van der Waals surface area contributed by atoms with E-state index in [0.717, 1.165) is 4.57 Å². The van der Waals surface area contributed by atoms with Crippen LogP contribution in [0.25, 0.3) is 10.9 Å². The molecule has 1 heterocycles. The van der Waals surface area contributed by atoms with Gasteiger partial charge in [0.2, 0.25) is 11.8 Å². The molecule has 0 saturated heterocycles. The predicted octanol–water partition coefficient (Wildman–Crippen LogP) is -0.0816. The number of para-hydroxylation sites is 1. The van der Waals surface area contributed by atoms with Crippen LogP contribution < -0.4 is 22.3 Å². The fourth-order valence-electron chi connectivity index (χ4n) is 3.27. The Balaban J connectivity index is 2.09. The molecule has 0 aliphatic heterocycles. The van der Waals surface area contributed by atoms with Crippen molar-refractivity contribution in [2.45, 2.75) is 24.9 Å². The quantitative estimate of drug-likeness (QED) is 0.395. The maximum Gasteiger partial charge on any atom is 0.329 e. The van der Waals surface area contributed by atoms with Crippen molar-refractivity contribution in [3.05, 3.63) is 81.0 Å². The second-order valence-electron chi connectivity index (χ2n) is 6.93. The number of carbonyl (C=O) groups excluding carboxylic acids is 2. The maximum atomic E-state index is 13.1. The molecule has 0 fully saturated rings. The summed E-state index contributed by atoms with van der Waals surface area (Å²) in [6.07, 6.45) is -0.695. The van der Waals surface area contributed by atoms with Crippen molar-refractivity contribution >= 4 is 28.7 Å². The number of aromatic nitrogens is 2. The lowest BCUT2D eigenvalue weighted by Gasteiger charge is -2.21. The molecular weight excluding hydrogens is 404 g/mol. The van der Waals surface area contributed by atoms with E-state index in [4.69, 9.17) is 5.73 Å². The van der Waals surface area contributed by atoms with E-state index in [1.807, 2.05) is 0 Å². The molecule has 10 heteroatoms. The molecule has 2 aromatic carbocycles. The highest BCUT2D eigenvalue weighted by Crippen LogP contribution is 2.14. The monoisotopic (exact) mass is 424 g/mol. The minimum absolute atomic E-state index is 0.0586. The Bertz CT molecular complexity index is 1250. The SMILES string of the molecule is NC(=O)CC(NC(=O)C(Cc1ccccc1)n1c(=O)[nH]c2ccccc2c1=O)C(=O)O. The van der Waals surface area contributed by atoms with Gasteiger partial charge in [-0.3, -0.25) is 14.4 Å². The number of rotatable bonds is 8. The van der Waals surface area contributed by atoms with Gasteiger partial charge < -0.3 is 21.1 Å². The van der Waals surface area contributed by atoms with Crippen molar-refractivity contribution in [1.29, 1.82) is 0 Å². The number of carboxylic acids is 1. The number of hydrogen-bond acceptors (Lipinski definition) is 5.